The molecule has 0 aromatic rings. The lowest BCUT2D eigenvalue weighted by atomic mass is 9.99. The maximum Gasteiger partial charge on any atom is 0.472 e. The summed E-state index contributed by atoms with van der Waals surface area (Å²) in [5.74, 6) is 0.929. The molecule has 0 spiro atoms. The van der Waals surface area contributed by atoms with Crippen LogP contribution in [0.4, 0.5) is 0 Å². The molecule has 0 aliphatic heterocycles. The minimum Gasteiger partial charge on any atom is -0.462 e. The minimum absolute atomic E-state index is 0.105. The predicted molar refractivity (Wildman–Crippen MR) is 377 cm³/mol. The average molecular weight is 1370 g/mol. The molecule has 4 unspecified atom stereocenters. The highest BCUT2D eigenvalue weighted by molar-refractivity contribution is 7.47. The van der Waals surface area contributed by atoms with Crippen LogP contribution in [-0.2, 0) is 65.4 Å². The summed E-state index contributed by atoms with van der Waals surface area (Å²) in [4.78, 5) is 72.7. The number of unbranched alkanes of at least 4 members (excludes halogenated alkanes) is 36. The molecule has 0 saturated heterocycles. The van der Waals surface area contributed by atoms with Crippen molar-refractivity contribution in [2.24, 2.45) is 23.7 Å². The normalized spacial score (nSPS) is 14.5. The third-order valence-electron chi connectivity index (χ3n) is 17.4. The van der Waals surface area contributed by atoms with Crippen LogP contribution in [0.5, 0.6) is 0 Å². The average Bonchev–Trinajstić information content (AvgIpc) is 2.02. The number of aliphatic hydroxyl groups is 1. The molecule has 0 heterocycles. The highest BCUT2D eigenvalue weighted by Crippen LogP contribution is 2.45. The molecule has 19 heteroatoms. The van der Waals surface area contributed by atoms with Gasteiger partial charge in [-0.25, -0.2) is 9.13 Å². The van der Waals surface area contributed by atoms with Crippen molar-refractivity contribution >= 4 is 39.5 Å². The second kappa shape index (κ2) is 63.5. The van der Waals surface area contributed by atoms with E-state index in [4.69, 9.17) is 37.0 Å². The van der Waals surface area contributed by atoms with E-state index in [1.165, 1.54) is 167 Å². The zero-order valence-corrected chi connectivity index (χ0v) is 62.7. The molecule has 0 amide bonds. The Bertz CT molecular complexity index is 1840. The maximum absolute atomic E-state index is 13.1. The van der Waals surface area contributed by atoms with Crippen molar-refractivity contribution in [2.45, 2.75) is 388 Å². The van der Waals surface area contributed by atoms with Crippen molar-refractivity contribution in [1.82, 2.24) is 0 Å². The van der Waals surface area contributed by atoms with Gasteiger partial charge in [-0.15, -0.1) is 0 Å². The van der Waals surface area contributed by atoms with Gasteiger partial charge in [0.1, 0.15) is 19.3 Å². The summed E-state index contributed by atoms with van der Waals surface area (Å²) in [5, 5.41) is 10.6. The SMILES string of the molecule is CCC(C)CCCCCCCCCCCCC(=O)OC[C@H](COP(=O)(O)OCC(O)COP(=O)(O)OC[C@@H](COC(=O)CCCCCCCCCC(C)C)OC(=O)CCCCCCCCCCCCCCCC(C)C)OC(=O)CCCCCCCCCCCCC(C)C. The Labute approximate surface area is 568 Å². The fraction of sp³-hybridized carbons (Fsp3) is 0.946. The summed E-state index contributed by atoms with van der Waals surface area (Å²) in [5.41, 5.74) is 0. The number of phosphoric ester groups is 2. The Morgan fingerprint density at radius 2 is 0.516 bits per heavy atom. The highest BCUT2D eigenvalue weighted by atomic mass is 31.2. The third kappa shape index (κ3) is 67.0. The van der Waals surface area contributed by atoms with Gasteiger partial charge in [-0.1, -0.05) is 319 Å². The van der Waals surface area contributed by atoms with Crippen LogP contribution in [0.1, 0.15) is 370 Å². The number of hydrogen-bond donors (Lipinski definition) is 3. The molecule has 0 saturated carbocycles. The van der Waals surface area contributed by atoms with Crippen LogP contribution in [0, 0.1) is 23.7 Å². The van der Waals surface area contributed by atoms with Crippen LogP contribution >= 0.6 is 15.6 Å². The molecule has 0 bridgehead atoms. The number of aliphatic hydroxyl groups excluding tert-OH is 1. The lowest BCUT2D eigenvalue weighted by Gasteiger charge is -2.21. The number of carbonyl (C=O) groups is 4. The quantitative estimate of drug-likeness (QED) is 0.0222. The molecule has 0 rings (SSSR count). The van der Waals surface area contributed by atoms with Crippen molar-refractivity contribution < 1.29 is 80.2 Å². The van der Waals surface area contributed by atoms with E-state index in [-0.39, 0.29) is 25.7 Å². The number of rotatable bonds is 71. The third-order valence-corrected chi connectivity index (χ3v) is 19.3. The van der Waals surface area contributed by atoms with E-state index in [0.717, 1.165) is 114 Å². The highest BCUT2D eigenvalue weighted by Gasteiger charge is 2.30. The van der Waals surface area contributed by atoms with E-state index in [1.54, 1.807) is 0 Å². The fourth-order valence-electron chi connectivity index (χ4n) is 11.2. The monoisotopic (exact) mass is 1370 g/mol. The lowest BCUT2D eigenvalue weighted by molar-refractivity contribution is -0.161. The molecule has 0 aliphatic carbocycles. The van der Waals surface area contributed by atoms with Gasteiger partial charge in [0.05, 0.1) is 26.4 Å². The first kappa shape index (κ1) is 91.1. The number of phosphoric acid groups is 2. The Balaban J connectivity index is 5.26. The van der Waals surface area contributed by atoms with Gasteiger partial charge in [-0.05, 0) is 49.4 Å². The molecule has 6 atom stereocenters. The fourth-order valence-corrected chi connectivity index (χ4v) is 12.7. The topological polar surface area (TPSA) is 237 Å². The van der Waals surface area contributed by atoms with Crippen LogP contribution in [0.2, 0.25) is 0 Å². The molecule has 3 N–H and O–H groups in total. The molecule has 0 fully saturated rings. The second-order valence-electron chi connectivity index (χ2n) is 28.4. The number of ether oxygens (including phenoxy) is 4. The van der Waals surface area contributed by atoms with Crippen molar-refractivity contribution in [3.63, 3.8) is 0 Å². The largest absolute Gasteiger partial charge is 0.472 e. The molecule has 0 aromatic carbocycles. The first-order valence-electron chi connectivity index (χ1n) is 38.2. The molecular weight excluding hydrogens is 1220 g/mol. The number of hydrogen-bond acceptors (Lipinski definition) is 15. The van der Waals surface area contributed by atoms with E-state index in [0.29, 0.717) is 31.6 Å². The van der Waals surface area contributed by atoms with Crippen molar-refractivity contribution in [1.29, 1.82) is 0 Å². The second-order valence-corrected chi connectivity index (χ2v) is 31.3. The van der Waals surface area contributed by atoms with Crippen molar-refractivity contribution in [3.8, 4) is 0 Å². The Kier molecular flexibility index (Phi) is 62.2. The van der Waals surface area contributed by atoms with Crippen LogP contribution in [0.3, 0.4) is 0 Å². The molecule has 0 aliphatic rings. The van der Waals surface area contributed by atoms with E-state index < -0.39 is 97.5 Å². The molecule has 0 aromatic heterocycles. The van der Waals surface area contributed by atoms with Crippen LogP contribution in [-0.4, -0.2) is 96.7 Å². The van der Waals surface area contributed by atoms with Gasteiger partial charge in [0.25, 0.3) is 0 Å². The standard InChI is InChI=1S/C74H144O17P2/c1-9-67(8)53-45-37-29-21-16-18-22-30-38-46-54-71(76)84-60-69(90-74(79)57-49-41-32-24-17-15-20-27-35-43-51-65(4)5)62-88-92(80,81)86-58-68(75)59-87-93(82,83)89-63-70(61-85-72(77)55-47-39-33-25-28-36-44-52-66(6)7)91-73(78)56-48-40-31-23-14-12-10-11-13-19-26-34-42-50-64(2)3/h64-70,75H,9-63H2,1-8H3,(H,80,81)(H,82,83)/t67?,68?,69-,70-/m1/s1. The maximum atomic E-state index is 13.1. The summed E-state index contributed by atoms with van der Waals surface area (Å²) in [6.07, 6.45) is 47.1. The van der Waals surface area contributed by atoms with Crippen LogP contribution in [0.25, 0.3) is 0 Å². The molecular formula is C74H144O17P2. The Morgan fingerprint density at radius 3 is 0.763 bits per heavy atom. The molecule has 552 valence electrons. The molecule has 93 heavy (non-hydrogen) atoms. The van der Waals surface area contributed by atoms with E-state index >= 15 is 0 Å². The Hall–Kier alpha value is -1.94. The van der Waals surface area contributed by atoms with Crippen molar-refractivity contribution in [2.75, 3.05) is 39.6 Å². The summed E-state index contributed by atoms with van der Waals surface area (Å²) < 4.78 is 68.5. The van der Waals surface area contributed by atoms with Crippen LogP contribution < -0.4 is 0 Å². The summed E-state index contributed by atoms with van der Waals surface area (Å²) in [6.45, 7) is 14.2. The summed E-state index contributed by atoms with van der Waals surface area (Å²) in [6, 6.07) is 0. The van der Waals surface area contributed by atoms with Crippen molar-refractivity contribution in [3.05, 3.63) is 0 Å². The summed E-state index contributed by atoms with van der Waals surface area (Å²) in [7, 11) is -9.91. The number of carbonyl (C=O) groups excluding carboxylic acids is 4. The van der Waals surface area contributed by atoms with Gasteiger partial charge in [0.15, 0.2) is 12.2 Å². The first-order chi connectivity index (χ1) is 44.6. The van der Waals surface area contributed by atoms with Crippen LogP contribution in [0.15, 0.2) is 0 Å². The minimum atomic E-state index is -4.96. The molecule has 0 radical (unpaired) electrons. The number of esters is 4. The van der Waals surface area contributed by atoms with E-state index in [2.05, 4.69) is 55.4 Å². The Morgan fingerprint density at radius 1 is 0.301 bits per heavy atom. The van der Waals surface area contributed by atoms with E-state index in [9.17, 15) is 43.2 Å². The van der Waals surface area contributed by atoms with Gasteiger partial charge in [-0.2, -0.15) is 0 Å². The smallest absolute Gasteiger partial charge is 0.462 e. The zero-order chi connectivity index (χ0) is 68.9. The predicted octanol–water partition coefficient (Wildman–Crippen LogP) is 21.3. The van der Waals surface area contributed by atoms with Gasteiger partial charge < -0.3 is 33.8 Å². The van der Waals surface area contributed by atoms with Gasteiger partial charge in [0.2, 0.25) is 0 Å². The lowest BCUT2D eigenvalue weighted by Crippen LogP contribution is -2.30. The molecule has 17 nitrogen and oxygen atoms in total. The van der Waals surface area contributed by atoms with Gasteiger partial charge >= 0.3 is 39.5 Å². The zero-order valence-electron chi connectivity index (χ0n) is 60.9. The van der Waals surface area contributed by atoms with Gasteiger partial charge in [0, 0.05) is 25.7 Å². The van der Waals surface area contributed by atoms with Gasteiger partial charge in [-0.3, -0.25) is 37.3 Å². The van der Waals surface area contributed by atoms with E-state index in [1.807, 2.05) is 0 Å². The summed E-state index contributed by atoms with van der Waals surface area (Å²) >= 11 is 0. The first-order valence-corrected chi connectivity index (χ1v) is 41.2.